The van der Waals surface area contributed by atoms with Crippen molar-refractivity contribution >= 4 is 23.7 Å². The Morgan fingerprint density at radius 1 is 0.914 bits per heavy atom. The van der Waals surface area contributed by atoms with Gasteiger partial charge in [-0.15, -0.1) is 0 Å². The maximum atomic E-state index is 12.4. The van der Waals surface area contributed by atoms with Crippen LogP contribution in [0.3, 0.4) is 0 Å². The van der Waals surface area contributed by atoms with Crippen LogP contribution in [0.4, 0.5) is 0 Å². The van der Waals surface area contributed by atoms with Crippen LogP contribution in [0.2, 0.25) is 0 Å². The zero-order valence-electron chi connectivity index (χ0n) is 20.2. The van der Waals surface area contributed by atoms with Crippen molar-refractivity contribution in [3.63, 3.8) is 0 Å². The number of carbonyl (C=O) groups is 4. The van der Waals surface area contributed by atoms with Gasteiger partial charge in [0.1, 0.15) is 6.04 Å². The van der Waals surface area contributed by atoms with Gasteiger partial charge in [-0.25, -0.2) is 0 Å². The normalized spacial score (nSPS) is 10.9. The molecule has 7 N–H and O–H groups in total. The molecule has 1 atom stereocenters. The Hall–Kier alpha value is -3.72. The van der Waals surface area contributed by atoms with Gasteiger partial charge in [-0.05, 0) is 36.1 Å². The van der Waals surface area contributed by atoms with Crippen molar-refractivity contribution in [2.45, 2.75) is 51.5 Å². The summed E-state index contributed by atoms with van der Waals surface area (Å²) >= 11 is 0. The second-order valence-corrected chi connectivity index (χ2v) is 7.96. The zero-order chi connectivity index (χ0) is 26.1. The molecule has 35 heavy (non-hydrogen) atoms. The number of carbonyl (C=O) groups excluding carboxylic acids is 3. The lowest BCUT2D eigenvalue weighted by molar-refractivity contribution is -0.137. The molecule has 9 heteroatoms. The molecule has 3 amide bonds. The van der Waals surface area contributed by atoms with Gasteiger partial charge in [-0.3, -0.25) is 19.2 Å². The summed E-state index contributed by atoms with van der Waals surface area (Å²) in [4.78, 5) is 46.1. The van der Waals surface area contributed by atoms with E-state index < -0.39 is 29.7 Å². The molecule has 0 aliphatic rings. The molecule has 0 spiro atoms. The molecular weight excluding hydrogens is 448 g/mol. The van der Waals surface area contributed by atoms with Crippen molar-refractivity contribution < 1.29 is 24.3 Å². The number of nitrogens with one attached hydrogen (secondary N) is 2. The van der Waals surface area contributed by atoms with E-state index in [2.05, 4.69) is 17.6 Å². The van der Waals surface area contributed by atoms with Crippen molar-refractivity contribution in [3.05, 3.63) is 60.2 Å². The fourth-order valence-corrected chi connectivity index (χ4v) is 3.08. The monoisotopic (exact) mass is 484 g/mol. The summed E-state index contributed by atoms with van der Waals surface area (Å²) in [6.07, 6.45) is 2.62. The van der Waals surface area contributed by atoms with Crippen LogP contribution >= 0.6 is 0 Å². The van der Waals surface area contributed by atoms with Gasteiger partial charge in [0.25, 0.3) is 0 Å². The number of carboxylic acids is 1. The van der Waals surface area contributed by atoms with Crippen LogP contribution in [0, 0.1) is 0 Å². The van der Waals surface area contributed by atoms with Gasteiger partial charge in [0.05, 0.1) is 6.54 Å². The first-order valence-corrected chi connectivity index (χ1v) is 11.7. The number of nitrogens with two attached hydrogens (primary N) is 2. The van der Waals surface area contributed by atoms with Gasteiger partial charge < -0.3 is 27.2 Å². The maximum Gasteiger partial charge on any atom is 0.303 e. The number of aliphatic carboxylic acids is 1. The fourth-order valence-electron chi connectivity index (χ4n) is 3.08. The van der Waals surface area contributed by atoms with Gasteiger partial charge >= 0.3 is 5.97 Å². The van der Waals surface area contributed by atoms with E-state index in [1.165, 1.54) is 12.8 Å². The highest BCUT2D eigenvalue weighted by atomic mass is 16.4. The van der Waals surface area contributed by atoms with Crippen molar-refractivity contribution in [2.24, 2.45) is 11.5 Å². The number of amides is 3. The summed E-state index contributed by atoms with van der Waals surface area (Å²) in [5, 5.41) is 13.7. The molecular formula is C26H36N4O5. The summed E-state index contributed by atoms with van der Waals surface area (Å²) < 4.78 is 0. The minimum Gasteiger partial charge on any atom is -0.481 e. The van der Waals surface area contributed by atoms with Crippen molar-refractivity contribution in [1.82, 2.24) is 10.6 Å². The number of primary amides is 1. The lowest BCUT2D eigenvalue weighted by atomic mass is 10.00. The average Bonchev–Trinajstić information content (AvgIpc) is 2.84. The van der Waals surface area contributed by atoms with Crippen molar-refractivity contribution in [2.75, 3.05) is 13.1 Å². The third-order valence-corrected chi connectivity index (χ3v) is 4.94. The number of unbranched alkanes of at least 4 members (excludes halogenated alkanes) is 1. The van der Waals surface area contributed by atoms with E-state index in [1.54, 1.807) is 0 Å². The Labute approximate surface area is 206 Å². The molecule has 2 rings (SSSR count). The summed E-state index contributed by atoms with van der Waals surface area (Å²) in [5.74, 6) is -2.65. The van der Waals surface area contributed by atoms with E-state index in [1.807, 2.05) is 54.6 Å². The molecule has 0 saturated heterocycles. The minimum atomic E-state index is -0.989. The Morgan fingerprint density at radius 3 is 2.06 bits per heavy atom. The summed E-state index contributed by atoms with van der Waals surface area (Å²) in [6.45, 7) is 2.64. The molecule has 9 nitrogen and oxygen atoms in total. The standard InChI is InChI=1S/C22H25N3O5.C4H11N/c23-19(26)14-24-22(30)18(25-20(27)7-4-8-21(28)29)13-15-9-11-17(12-10-15)16-5-2-1-3-6-16;1-2-3-4-5/h1-3,5-6,9-12,18H,4,7-8,13-14H2,(H2,23,26)(H,24,30)(H,25,27)(H,28,29);2-5H2,1H3. The SMILES string of the molecule is CCCCN.NC(=O)CNC(=O)C(Cc1ccc(-c2ccccc2)cc1)NC(=O)CCCC(=O)O. The molecule has 0 heterocycles. The van der Waals surface area contributed by atoms with Crippen LogP contribution in [0.25, 0.3) is 11.1 Å². The lowest BCUT2D eigenvalue weighted by Crippen LogP contribution is -2.49. The quantitative estimate of drug-likeness (QED) is 0.292. The van der Waals surface area contributed by atoms with Crippen LogP contribution in [0.1, 0.15) is 44.6 Å². The predicted octanol–water partition coefficient (Wildman–Crippen LogP) is 1.98. The van der Waals surface area contributed by atoms with Gasteiger partial charge in [0, 0.05) is 19.3 Å². The Bertz CT molecular complexity index is 931. The molecule has 0 radical (unpaired) electrons. The number of hydrogen-bond donors (Lipinski definition) is 5. The zero-order valence-corrected chi connectivity index (χ0v) is 20.2. The number of rotatable bonds is 13. The van der Waals surface area contributed by atoms with Crippen LogP contribution < -0.4 is 22.1 Å². The molecule has 0 aliphatic carbocycles. The second-order valence-electron chi connectivity index (χ2n) is 7.96. The topological polar surface area (TPSA) is 165 Å². The molecule has 0 aromatic heterocycles. The molecule has 2 aromatic rings. The summed E-state index contributed by atoms with van der Waals surface area (Å²) in [7, 11) is 0. The molecule has 0 saturated carbocycles. The second kappa shape index (κ2) is 16.8. The largest absolute Gasteiger partial charge is 0.481 e. The Balaban J connectivity index is 0.00000111. The van der Waals surface area contributed by atoms with Crippen LogP contribution in [-0.2, 0) is 25.6 Å². The summed E-state index contributed by atoms with van der Waals surface area (Å²) in [5.41, 5.74) is 13.1. The van der Waals surface area contributed by atoms with Crippen molar-refractivity contribution in [3.8, 4) is 11.1 Å². The van der Waals surface area contributed by atoms with E-state index >= 15 is 0 Å². The van der Waals surface area contributed by atoms with Gasteiger partial charge in [-0.1, -0.05) is 67.9 Å². The highest BCUT2D eigenvalue weighted by molar-refractivity contribution is 5.90. The van der Waals surface area contributed by atoms with Crippen LogP contribution in [0.15, 0.2) is 54.6 Å². The van der Waals surface area contributed by atoms with E-state index in [-0.39, 0.29) is 32.2 Å². The van der Waals surface area contributed by atoms with Crippen molar-refractivity contribution in [1.29, 1.82) is 0 Å². The number of hydrogen-bond acceptors (Lipinski definition) is 5. The summed E-state index contributed by atoms with van der Waals surface area (Å²) in [6, 6.07) is 16.5. The minimum absolute atomic E-state index is 0.0150. The first kappa shape index (κ1) is 29.3. The fraction of sp³-hybridized carbons (Fsp3) is 0.385. The van der Waals surface area contributed by atoms with E-state index in [9.17, 15) is 19.2 Å². The van der Waals surface area contributed by atoms with Crippen LogP contribution in [0.5, 0.6) is 0 Å². The number of benzene rings is 2. The molecule has 0 aliphatic heterocycles. The van der Waals surface area contributed by atoms with Gasteiger partial charge in [-0.2, -0.15) is 0 Å². The third kappa shape index (κ3) is 12.9. The smallest absolute Gasteiger partial charge is 0.303 e. The molecule has 190 valence electrons. The first-order valence-electron chi connectivity index (χ1n) is 11.7. The third-order valence-electron chi connectivity index (χ3n) is 4.94. The van der Waals surface area contributed by atoms with E-state index in [0.717, 1.165) is 23.2 Å². The highest BCUT2D eigenvalue weighted by Crippen LogP contribution is 2.19. The maximum absolute atomic E-state index is 12.4. The average molecular weight is 485 g/mol. The Kier molecular flexibility index (Phi) is 14.1. The first-order chi connectivity index (χ1) is 16.8. The number of carboxylic acid groups (broad SMARTS) is 1. The Morgan fingerprint density at radius 2 is 1.54 bits per heavy atom. The molecule has 0 bridgehead atoms. The molecule has 1 unspecified atom stereocenters. The predicted molar refractivity (Wildman–Crippen MR) is 135 cm³/mol. The van der Waals surface area contributed by atoms with Gasteiger partial charge in [0.2, 0.25) is 17.7 Å². The molecule has 2 aromatic carbocycles. The molecule has 0 fully saturated rings. The van der Waals surface area contributed by atoms with Gasteiger partial charge in [0.15, 0.2) is 0 Å². The van der Waals surface area contributed by atoms with E-state index in [0.29, 0.717) is 0 Å². The lowest BCUT2D eigenvalue weighted by Gasteiger charge is -2.18. The van der Waals surface area contributed by atoms with E-state index in [4.69, 9.17) is 16.6 Å². The van der Waals surface area contributed by atoms with Crippen LogP contribution in [-0.4, -0.2) is 47.9 Å². The highest BCUT2D eigenvalue weighted by Gasteiger charge is 2.21.